The number of morpholine rings is 1. The van der Waals surface area contributed by atoms with E-state index in [0.29, 0.717) is 12.1 Å². The first-order valence-electron chi connectivity index (χ1n) is 7.26. The number of nitrogens with zero attached hydrogens (tertiary/aromatic N) is 2. The molecule has 6 nitrogen and oxygen atoms in total. The molecule has 1 aromatic rings. The molecule has 0 saturated carbocycles. The Morgan fingerprint density at radius 2 is 2.14 bits per heavy atom. The second-order valence-corrected chi connectivity index (χ2v) is 5.49. The second kappa shape index (κ2) is 5.81. The molecule has 6 heteroatoms. The number of fused-ring (bicyclic) bond motifs is 1. The molecular weight excluding hydrogens is 272 g/mol. The fourth-order valence-corrected chi connectivity index (χ4v) is 2.87. The topological polar surface area (TPSA) is 79.7 Å². The summed E-state index contributed by atoms with van der Waals surface area (Å²) in [7, 11) is 0. The van der Waals surface area contributed by atoms with Gasteiger partial charge < -0.3 is 14.7 Å². The summed E-state index contributed by atoms with van der Waals surface area (Å²) in [4.78, 5) is 29.4. The monoisotopic (exact) mass is 290 g/mol. The Kier molecular flexibility index (Phi) is 3.88. The molecule has 1 aromatic heterocycles. The van der Waals surface area contributed by atoms with E-state index in [1.807, 2.05) is 6.07 Å². The van der Waals surface area contributed by atoms with Gasteiger partial charge in [-0.2, -0.15) is 0 Å². The minimum absolute atomic E-state index is 0.0885. The summed E-state index contributed by atoms with van der Waals surface area (Å²) in [6.45, 7) is 0.756. The fraction of sp³-hybridized carbons (Fsp3) is 0.533. The van der Waals surface area contributed by atoms with Crippen molar-refractivity contribution in [1.82, 2.24) is 9.88 Å². The zero-order valence-corrected chi connectivity index (χ0v) is 11.7. The van der Waals surface area contributed by atoms with Crippen LogP contribution in [0.1, 0.15) is 34.5 Å². The Hall–Kier alpha value is -1.95. The number of aromatic nitrogens is 1. The van der Waals surface area contributed by atoms with Gasteiger partial charge >= 0.3 is 5.97 Å². The van der Waals surface area contributed by atoms with Crippen LogP contribution in [0.2, 0.25) is 0 Å². The lowest BCUT2D eigenvalue weighted by Crippen LogP contribution is -2.48. The minimum Gasteiger partial charge on any atom is -0.479 e. The summed E-state index contributed by atoms with van der Waals surface area (Å²) < 4.78 is 5.14. The van der Waals surface area contributed by atoms with Crippen LogP contribution in [-0.2, 0) is 22.4 Å². The molecule has 21 heavy (non-hydrogen) atoms. The van der Waals surface area contributed by atoms with E-state index < -0.39 is 12.1 Å². The Bertz CT molecular complexity index is 573. The molecule has 1 amide bonds. The molecule has 0 radical (unpaired) electrons. The van der Waals surface area contributed by atoms with Crippen LogP contribution in [0, 0.1) is 0 Å². The van der Waals surface area contributed by atoms with Gasteiger partial charge in [-0.1, -0.05) is 0 Å². The minimum atomic E-state index is -1.03. The average Bonchev–Trinajstić information content (AvgIpc) is 2.53. The number of carbonyl (C=O) groups is 2. The number of pyridine rings is 1. The van der Waals surface area contributed by atoms with E-state index in [-0.39, 0.29) is 19.1 Å². The number of aryl methyl sites for hydroxylation is 2. The Labute approximate surface area is 122 Å². The van der Waals surface area contributed by atoms with Crippen molar-refractivity contribution in [2.75, 3.05) is 19.7 Å². The van der Waals surface area contributed by atoms with Crippen molar-refractivity contribution in [3.05, 3.63) is 29.1 Å². The predicted octanol–water partition coefficient (Wildman–Crippen LogP) is 0.886. The number of carbonyl (C=O) groups excluding carboxylic acids is 1. The summed E-state index contributed by atoms with van der Waals surface area (Å²) in [6.07, 6.45) is 4.89. The molecule has 2 aliphatic rings. The van der Waals surface area contributed by atoms with Crippen molar-refractivity contribution < 1.29 is 19.4 Å². The first-order valence-corrected chi connectivity index (χ1v) is 7.26. The highest BCUT2D eigenvalue weighted by molar-refractivity contribution is 5.94. The maximum atomic E-state index is 12.5. The third-order valence-corrected chi connectivity index (χ3v) is 4.05. The molecule has 1 atom stereocenters. The van der Waals surface area contributed by atoms with Gasteiger partial charge in [0, 0.05) is 18.4 Å². The van der Waals surface area contributed by atoms with Gasteiger partial charge in [0.25, 0.3) is 5.91 Å². The van der Waals surface area contributed by atoms with E-state index in [4.69, 9.17) is 9.84 Å². The number of amides is 1. The van der Waals surface area contributed by atoms with Crippen molar-refractivity contribution in [3.63, 3.8) is 0 Å². The molecule has 1 aliphatic carbocycles. The van der Waals surface area contributed by atoms with Gasteiger partial charge in [-0.15, -0.1) is 0 Å². The number of carboxylic acids is 1. The Balaban J connectivity index is 1.77. The van der Waals surface area contributed by atoms with Gasteiger partial charge in [-0.05, 0) is 37.3 Å². The average molecular weight is 290 g/mol. The van der Waals surface area contributed by atoms with Crippen molar-refractivity contribution in [1.29, 1.82) is 0 Å². The van der Waals surface area contributed by atoms with Gasteiger partial charge in [-0.3, -0.25) is 9.78 Å². The van der Waals surface area contributed by atoms with Gasteiger partial charge in [-0.25, -0.2) is 4.79 Å². The zero-order chi connectivity index (χ0) is 14.8. The molecule has 0 spiro atoms. The maximum absolute atomic E-state index is 12.5. The number of aliphatic carboxylic acids is 1. The molecule has 0 bridgehead atoms. The molecule has 0 aromatic carbocycles. The van der Waals surface area contributed by atoms with E-state index in [1.165, 1.54) is 4.90 Å². The van der Waals surface area contributed by atoms with Crippen LogP contribution in [0.15, 0.2) is 12.3 Å². The van der Waals surface area contributed by atoms with Gasteiger partial charge in [0.05, 0.1) is 18.7 Å². The molecule has 1 unspecified atom stereocenters. The Morgan fingerprint density at radius 3 is 2.95 bits per heavy atom. The van der Waals surface area contributed by atoms with Crippen LogP contribution in [0.5, 0.6) is 0 Å². The smallest absolute Gasteiger partial charge is 0.334 e. The third-order valence-electron chi connectivity index (χ3n) is 4.05. The van der Waals surface area contributed by atoms with E-state index in [9.17, 15) is 9.59 Å². The number of hydrogen-bond donors (Lipinski definition) is 1. The number of ether oxygens (including phenoxy) is 1. The number of hydrogen-bond acceptors (Lipinski definition) is 4. The van der Waals surface area contributed by atoms with Crippen LogP contribution >= 0.6 is 0 Å². The lowest BCUT2D eigenvalue weighted by molar-refractivity contribution is -0.154. The second-order valence-electron chi connectivity index (χ2n) is 5.49. The fourth-order valence-electron chi connectivity index (χ4n) is 2.87. The summed E-state index contributed by atoms with van der Waals surface area (Å²) in [6, 6.07) is 1.91. The Morgan fingerprint density at radius 1 is 1.33 bits per heavy atom. The van der Waals surface area contributed by atoms with Gasteiger partial charge in [0.2, 0.25) is 0 Å². The van der Waals surface area contributed by atoms with Crippen LogP contribution in [0.3, 0.4) is 0 Å². The quantitative estimate of drug-likeness (QED) is 0.875. The van der Waals surface area contributed by atoms with Crippen LogP contribution in [0.4, 0.5) is 0 Å². The van der Waals surface area contributed by atoms with E-state index in [0.717, 1.165) is 36.9 Å². The lowest BCUT2D eigenvalue weighted by atomic mass is 9.95. The molecule has 2 heterocycles. The summed E-state index contributed by atoms with van der Waals surface area (Å²) in [5, 5.41) is 8.99. The van der Waals surface area contributed by atoms with E-state index in [1.54, 1.807) is 6.20 Å². The highest BCUT2D eigenvalue weighted by atomic mass is 16.5. The number of rotatable bonds is 2. The van der Waals surface area contributed by atoms with E-state index in [2.05, 4.69) is 4.98 Å². The highest BCUT2D eigenvalue weighted by Crippen LogP contribution is 2.21. The van der Waals surface area contributed by atoms with Crippen molar-refractivity contribution >= 4 is 11.9 Å². The third kappa shape index (κ3) is 2.90. The van der Waals surface area contributed by atoms with Crippen molar-refractivity contribution in [2.24, 2.45) is 0 Å². The summed E-state index contributed by atoms with van der Waals surface area (Å²) in [5.74, 6) is -1.19. The predicted molar refractivity (Wildman–Crippen MR) is 74.2 cm³/mol. The maximum Gasteiger partial charge on any atom is 0.334 e. The first kappa shape index (κ1) is 14.0. The summed E-state index contributed by atoms with van der Waals surface area (Å²) in [5.41, 5.74) is 2.78. The van der Waals surface area contributed by atoms with E-state index >= 15 is 0 Å². The zero-order valence-electron chi connectivity index (χ0n) is 11.7. The van der Waals surface area contributed by atoms with Crippen molar-refractivity contribution in [2.45, 2.75) is 31.8 Å². The molecule has 1 fully saturated rings. The normalized spacial score (nSPS) is 21.7. The molecular formula is C15H18N2O4. The molecule has 1 aliphatic heterocycles. The first-order chi connectivity index (χ1) is 10.1. The molecule has 112 valence electrons. The summed E-state index contributed by atoms with van der Waals surface area (Å²) >= 11 is 0. The molecule has 1 N–H and O–H groups in total. The van der Waals surface area contributed by atoms with Crippen LogP contribution in [0.25, 0.3) is 0 Å². The van der Waals surface area contributed by atoms with Crippen LogP contribution < -0.4 is 0 Å². The lowest BCUT2D eigenvalue weighted by Gasteiger charge is -2.31. The molecule has 3 rings (SSSR count). The number of carboxylic acid groups (broad SMARTS) is 1. The van der Waals surface area contributed by atoms with Gasteiger partial charge in [0.1, 0.15) is 0 Å². The van der Waals surface area contributed by atoms with Crippen molar-refractivity contribution in [3.8, 4) is 0 Å². The molecule has 1 saturated heterocycles. The highest BCUT2D eigenvalue weighted by Gasteiger charge is 2.29. The van der Waals surface area contributed by atoms with Gasteiger partial charge in [0.15, 0.2) is 6.10 Å². The standard InChI is InChI=1S/C15H18N2O4/c18-14(17-5-6-21-13(9-17)15(19)20)11-7-10-3-1-2-4-12(10)16-8-11/h7-8,13H,1-6,9H2,(H,19,20). The van der Waals surface area contributed by atoms with Crippen LogP contribution in [-0.4, -0.2) is 52.7 Å². The SMILES string of the molecule is O=C(O)C1CN(C(=O)c2cnc3c(c2)CCCC3)CCO1. The largest absolute Gasteiger partial charge is 0.479 e.